The molecule has 0 saturated carbocycles. The molecule has 4 aromatic rings. The van der Waals surface area contributed by atoms with Crippen molar-refractivity contribution in [1.29, 1.82) is 0 Å². The van der Waals surface area contributed by atoms with Gasteiger partial charge in [0.25, 0.3) is 0 Å². The lowest BCUT2D eigenvalue weighted by molar-refractivity contribution is -0.120. The number of nitrogens with zero attached hydrogens (tertiary/aromatic N) is 4. The maximum absolute atomic E-state index is 12.5. The number of hydrogen-bond acceptors (Lipinski definition) is 6. The summed E-state index contributed by atoms with van der Waals surface area (Å²) in [6, 6.07) is 7.95. The molecule has 1 aromatic carbocycles. The number of anilines is 2. The first-order valence-corrected chi connectivity index (χ1v) is 9.76. The quantitative estimate of drug-likeness (QED) is 0.415. The molecule has 1 saturated heterocycles. The van der Waals surface area contributed by atoms with Crippen LogP contribution >= 0.6 is 0 Å². The van der Waals surface area contributed by atoms with Crippen LogP contribution in [-0.4, -0.2) is 56.7 Å². The number of rotatable bonds is 5. The summed E-state index contributed by atoms with van der Waals surface area (Å²) in [5.41, 5.74) is 2.61. The third-order valence-corrected chi connectivity index (χ3v) is 5.34. The highest BCUT2D eigenvalue weighted by Crippen LogP contribution is 2.25. The van der Waals surface area contributed by atoms with Crippen molar-refractivity contribution in [3.05, 3.63) is 43.0 Å². The number of amides is 1. The van der Waals surface area contributed by atoms with Gasteiger partial charge in [0.05, 0.1) is 29.3 Å². The molecule has 148 valence electrons. The molecule has 5 rings (SSSR count). The Morgan fingerprint density at radius 2 is 2.24 bits per heavy atom. The molecule has 0 bridgehead atoms. The first-order chi connectivity index (χ1) is 14.3. The number of para-hydroxylation sites is 1. The topological polar surface area (TPSA) is 115 Å². The molecule has 3 aromatic heterocycles. The van der Waals surface area contributed by atoms with Gasteiger partial charge in [-0.2, -0.15) is 5.10 Å². The minimum absolute atomic E-state index is 0.0251. The number of hydrogen-bond donors (Lipinski definition) is 4. The van der Waals surface area contributed by atoms with Crippen molar-refractivity contribution in [2.75, 3.05) is 29.9 Å². The summed E-state index contributed by atoms with van der Waals surface area (Å²) < 4.78 is 0. The van der Waals surface area contributed by atoms with Crippen molar-refractivity contribution in [2.24, 2.45) is 0 Å². The second-order valence-electron chi connectivity index (χ2n) is 7.28. The van der Waals surface area contributed by atoms with E-state index in [1.54, 1.807) is 12.5 Å². The fourth-order valence-electron chi connectivity index (χ4n) is 3.97. The molecule has 0 radical (unpaired) electrons. The molecule has 4 heterocycles. The average Bonchev–Trinajstić information content (AvgIpc) is 3.41. The second kappa shape index (κ2) is 7.42. The van der Waals surface area contributed by atoms with Crippen molar-refractivity contribution in [2.45, 2.75) is 18.9 Å². The van der Waals surface area contributed by atoms with Crippen LogP contribution in [0.25, 0.3) is 21.9 Å². The largest absolute Gasteiger partial charge is 0.374 e. The van der Waals surface area contributed by atoms with Gasteiger partial charge in [-0.3, -0.25) is 9.89 Å². The lowest BCUT2D eigenvalue weighted by atomic mass is 10.1. The van der Waals surface area contributed by atoms with Crippen molar-refractivity contribution < 1.29 is 4.79 Å². The van der Waals surface area contributed by atoms with Gasteiger partial charge in [-0.05, 0) is 25.0 Å². The molecular weight excluding hydrogens is 368 g/mol. The summed E-state index contributed by atoms with van der Waals surface area (Å²) >= 11 is 0. The smallest absolute Gasteiger partial charge is 0.239 e. The van der Waals surface area contributed by atoms with Gasteiger partial charge in [0.1, 0.15) is 17.8 Å². The van der Waals surface area contributed by atoms with E-state index in [1.165, 1.54) is 0 Å². The van der Waals surface area contributed by atoms with Gasteiger partial charge in [0.15, 0.2) is 0 Å². The first kappa shape index (κ1) is 17.5. The molecule has 1 aliphatic heterocycles. The maximum atomic E-state index is 12.5. The number of nitrogens with one attached hydrogen (secondary N) is 4. The lowest BCUT2D eigenvalue weighted by Crippen LogP contribution is -2.49. The number of benzene rings is 1. The van der Waals surface area contributed by atoms with E-state index in [1.807, 2.05) is 30.5 Å². The minimum Gasteiger partial charge on any atom is -0.374 e. The van der Waals surface area contributed by atoms with E-state index >= 15 is 0 Å². The van der Waals surface area contributed by atoms with E-state index in [9.17, 15) is 4.79 Å². The summed E-state index contributed by atoms with van der Waals surface area (Å²) in [6.45, 7) is 1.87. The van der Waals surface area contributed by atoms with Crippen LogP contribution in [0.4, 0.5) is 11.5 Å². The van der Waals surface area contributed by atoms with Crippen molar-refractivity contribution in [3.8, 4) is 0 Å². The van der Waals surface area contributed by atoms with Crippen LogP contribution in [0.3, 0.4) is 0 Å². The summed E-state index contributed by atoms with van der Waals surface area (Å²) in [6.07, 6.45) is 7.18. The molecule has 0 unspecified atom stereocenters. The zero-order valence-corrected chi connectivity index (χ0v) is 15.9. The predicted octanol–water partition coefficient (Wildman–Crippen LogP) is 2.03. The highest BCUT2D eigenvalue weighted by molar-refractivity contribution is 5.92. The Labute approximate surface area is 166 Å². The molecule has 29 heavy (non-hydrogen) atoms. The Balaban J connectivity index is 1.22. The molecule has 9 heteroatoms. The third kappa shape index (κ3) is 3.46. The average molecular weight is 390 g/mol. The van der Waals surface area contributed by atoms with Crippen molar-refractivity contribution in [3.63, 3.8) is 0 Å². The van der Waals surface area contributed by atoms with E-state index in [-0.39, 0.29) is 18.5 Å². The van der Waals surface area contributed by atoms with E-state index in [4.69, 9.17) is 0 Å². The normalized spacial score (nSPS) is 17.0. The SMILES string of the molecule is O=C(CNc1cccc2cn[nH]c12)N[C@@H]1CCCN(c2ncnc3[nH]ccc23)C1. The minimum atomic E-state index is -0.0251. The number of H-pyrrole nitrogens is 2. The van der Waals surface area contributed by atoms with E-state index < -0.39 is 0 Å². The summed E-state index contributed by atoms with van der Waals surface area (Å²) in [7, 11) is 0. The Bertz CT molecular complexity index is 1150. The van der Waals surface area contributed by atoms with Gasteiger partial charge in [-0.1, -0.05) is 12.1 Å². The molecule has 9 nitrogen and oxygen atoms in total. The van der Waals surface area contributed by atoms with Crippen LogP contribution in [0.5, 0.6) is 0 Å². The van der Waals surface area contributed by atoms with Gasteiger partial charge in [-0.25, -0.2) is 9.97 Å². The Kier molecular flexibility index (Phi) is 4.47. The predicted molar refractivity (Wildman–Crippen MR) is 112 cm³/mol. The molecular formula is C20H22N8O. The number of fused-ring (bicyclic) bond motifs is 2. The second-order valence-corrected chi connectivity index (χ2v) is 7.28. The highest BCUT2D eigenvalue weighted by Gasteiger charge is 2.23. The molecule has 1 atom stereocenters. The number of carbonyl (C=O) groups is 1. The Morgan fingerprint density at radius 3 is 3.21 bits per heavy atom. The van der Waals surface area contributed by atoms with Gasteiger partial charge in [-0.15, -0.1) is 0 Å². The van der Waals surface area contributed by atoms with Crippen molar-refractivity contribution in [1.82, 2.24) is 30.5 Å². The molecule has 1 fully saturated rings. The molecule has 0 spiro atoms. The fraction of sp³-hybridized carbons (Fsp3) is 0.300. The maximum Gasteiger partial charge on any atom is 0.239 e. The van der Waals surface area contributed by atoms with Crippen LogP contribution in [0.2, 0.25) is 0 Å². The Hall–Kier alpha value is -3.62. The summed E-state index contributed by atoms with van der Waals surface area (Å²) in [4.78, 5) is 26.6. The molecule has 1 aliphatic rings. The summed E-state index contributed by atoms with van der Waals surface area (Å²) in [5.74, 6) is 0.891. The van der Waals surface area contributed by atoms with Gasteiger partial charge in [0, 0.05) is 30.7 Å². The van der Waals surface area contributed by atoms with Crippen LogP contribution in [0.1, 0.15) is 12.8 Å². The standard InChI is InChI=1S/C20H22N8O/c29-17(10-22-16-5-1-3-13-9-25-27-18(13)16)26-14-4-2-8-28(11-14)20-15-6-7-21-19(15)23-12-24-20/h1,3,5-7,9,12,14,22H,2,4,8,10-11H2,(H,25,27)(H,26,29)(H,21,23,24)/t14-/m1/s1. The van der Waals surface area contributed by atoms with Gasteiger partial charge < -0.3 is 20.5 Å². The zero-order chi connectivity index (χ0) is 19.6. The van der Waals surface area contributed by atoms with Crippen LogP contribution < -0.4 is 15.5 Å². The molecule has 0 aliphatic carbocycles. The monoisotopic (exact) mass is 390 g/mol. The number of aromatic nitrogens is 5. The van der Waals surface area contributed by atoms with Crippen LogP contribution in [-0.2, 0) is 4.79 Å². The third-order valence-electron chi connectivity index (χ3n) is 5.34. The van der Waals surface area contributed by atoms with Crippen LogP contribution in [0, 0.1) is 0 Å². The summed E-state index contributed by atoms with van der Waals surface area (Å²) in [5, 5.41) is 15.4. The number of aromatic amines is 2. The van der Waals surface area contributed by atoms with Gasteiger partial charge in [0.2, 0.25) is 5.91 Å². The molecule has 4 N–H and O–H groups in total. The molecule has 1 amide bonds. The van der Waals surface area contributed by atoms with E-state index in [0.717, 1.165) is 59.4 Å². The Morgan fingerprint density at radius 1 is 1.28 bits per heavy atom. The first-order valence-electron chi connectivity index (χ1n) is 9.76. The van der Waals surface area contributed by atoms with Crippen molar-refractivity contribution >= 4 is 39.3 Å². The zero-order valence-electron chi connectivity index (χ0n) is 15.9. The van der Waals surface area contributed by atoms with Gasteiger partial charge >= 0.3 is 0 Å². The fourth-order valence-corrected chi connectivity index (χ4v) is 3.97. The van der Waals surface area contributed by atoms with E-state index in [2.05, 4.69) is 40.7 Å². The number of piperidine rings is 1. The van der Waals surface area contributed by atoms with E-state index in [0.29, 0.717) is 0 Å². The lowest BCUT2D eigenvalue weighted by Gasteiger charge is -2.34. The van der Waals surface area contributed by atoms with Crippen LogP contribution in [0.15, 0.2) is 43.0 Å². The highest BCUT2D eigenvalue weighted by atomic mass is 16.2. The number of carbonyl (C=O) groups excluding carboxylic acids is 1.